The number of carbonyl (C=O) groups is 3. The summed E-state index contributed by atoms with van der Waals surface area (Å²) in [4.78, 5) is 37.0. The Bertz CT molecular complexity index is 1160. The summed E-state index contributed by atoms with van der Waals surface area (Å²) >= 11 is 0. The third-order valence-corrected chi connectivity index (χ3v) is 6.41. The van der Waals surface area contributed by atoms with Gasteiger partial charge in [-0.1, -0.05) is 48.5 Å². The Labute approximate surface area is 230 Å². The largest absolute Gasteiger partial charge is 0.465 e. The van der Waals surface area contributed by atoms with Gasteiger partial charge >= 0.3 is 5.97 Å². The molecule has 12 heteroatoms. The Morgan fingerprint density at radius 3 is 2.40 bits per heavy atom. The number of nitrogens with one attached hydrogen (secondary N) is 2. The fraction of sp³-hybridized carbons (Fsp3) is 0.393. The van der Waals surface area contributed by atoms with Crippen LogP contribution in [0, 0.1) is 0 Å². The van der Waals surface area contributed by atoms with Crippen molar-refractivity contribution < 1.29 is 48.3 Å². The zero-order valence-corrected chi connectivity index (χ0v) is 21.9. The predicted octanol–water partition coefficient (Wildman–Crippen LogP) is 0.481. The number of carbonyl (C=O) groups excluding carboxylic acids is 3. The predicted molar refractivity (Wildman–Crippen MR) is 141 cm³/mol. The Morgan fingerprint density at radius 1 is 1.15 bits per heavy atom. The summed E-state index contributed by atoms with van der Waals surface area (Å²) in [6.45, 7) is 1.38. The topological polar surface area (TPSA) is 164 Å². The number of esters is 1. The molecule has 3 rings (SSSR count). The fourth-order valence-electron chi connectivity index (χ4n) is 4.36. The molecule has 1 aliphatic heterocycles. The molecule has 2 amide bonds. The van der Waals surface area contributed by atoms with E-state index in [0.717, 1.165) is 18.2 Å². The first kappa shape index (κ1) is 30.9. The Kier molecular flexibility index (Phi) is 10.9. The van der Waals surface area contributed by atoms with E-state index in [0.29, 0.717) is 5.56 Å². The van der Waals surface area contributed by atoms with Gasteiger partial charge in [0.2, 0.25) is 0 Å². The minimum absolute atomic E-state index is 0.214. The number of hydrogen-bond acceptors (Lipinski definition) is 9. The van der Waals surface area contributed by atoms with Gasteiger partial charge in [-0.15, -0.1) is 6.58 Å². The van der Waals surface area contributed by atoms with Crippen molar-refractivity contribution in [3.63, 3.8) is 0 Å². The van der Waals surface area contributed by atoms with E-state index in [4.69, 9.17) is 14.2 Å². The van der Waals surface area contributed by atoms with E-state index >= 15 is 0 Å². The van der Waals surface area contributed by atoms with Crippen molar-refractivity contribution in [1.82, 2.24) is 10.6 Å². The standard InChI is InChI=1S/C28H33FN2O9/c1-3-13-39-28(27(37)38-2)14-20(32)23(31-22(34)15-29)25(40-28)24(35)21(33)16-30-26(36)19-11-9-18(10-12-19)17-7-5-4-6-8-17/h3-12,20-21,23-25,32-33,35H,1,13-16H2,2H3,(H,30,36)(H,31,34)/t20?,21?,23?,24-,25?,28?/m0/s1. The van der Waals surface area contributed by atoms with Crippen molar-refractivity contribution in [2.24, 2.45) is 0 Å². The van der Waals surface area contributed by atoms with Gasteiger partial charge in [-0.2, -0.15) is 0 Å². The van der Waals surface area contributed by atoms with Gasteiger partial charge in [0.15, 0.2) is 6.67 Å². The molecule has 1 heterocycles. The molecule has 40 heavy (non-hydrogen) atoms. The molecule has 6 atom stereocenters. The SMILES string of the molecule is C=CCOC1(C(=O)OC)CC(O)C(NC(=O)CF)C([C@@H](O)C(O)CNC(=O)c2ccc(-c3ccccc3)cc2)O1. The zero-order valence-electron chi connectivity index (χ0n) is 21.9. The summed E-state index contributed by atoms with van der Waals surface area (Å²) in [6, 6.07) is 14.8. The minimum Gasteiger partial charge on any atom is -0.465 e. The third-order valence-electron chi connectivity index (χ3n) is 6.41. The number of halogens is 1. The third kappa shape index (κ3) is 7.29. The summed E-state index contributed by atoms with van der Waals surface area (Å²) in [5, 5.41) is 37.1. The quantitative estimate of drug-likeness (QED) is 0.184. The Hall–Kier alpha value is -3.68. The first-order valence-corrected chi connectivity index (χ1v) is 12.5. The van der Waals surface area contributed by atoms with Gasteiger partial charge < -0.3 is 40.2 Å². The summed E-state index contributed by atoms with van der Waals surface area (Å²) in [5.74, 6) is -4.95. The van der Waals surface area contributed by atoms with Crippen LogP contribution in [0.1, 0.15) is 16.8 Å². The molecule has 216 valence electrons. The highest BCUT2D eigenvalue weighted by atomic mass is 19.1. The monoisotopic (exact) mass is 560 g/mol. The van der Waals surface area contributed by atoms with Crippen LogP contribution >= 0.6 is 0 Å². The molecule has 0 spiro atoms. The van der Waals surface area contributed by atoms with Crippen LogP contribution in [-0.2, 0) is 23.8 Å². The maximum atomic E-state index is 12.9. The van der Waals surface area contributed by atoms with E-state index in [1.54, 1.807) is 24.3 Å². The van der Waals surface area contributed by atoms with Gasteiger partial charge in [0.05, 0.1) is 32.0 Å². The lowest BCUT2D eigenvalue weighted by atomic mass is 9.88. The van der Waals surface area contributed by atoms with Crippen LogP contribution in [0.3, 0.4) is 0 Å². The number of hydrogen-bond donors (Lipinski definition) is 5. The van der Waals surface area contributed by atoms with Crippen LogP contribution in [0.2, 0.25) is 0 Å². The Balaban J connectivity index is 1.74. The molecular formula is C28H33FN2O9. The smallest absolute Gasteiger partial charge is 0.366 e. The first-order chi connectivity index (χ1) is 19.2. The molecule has 5 N–H and O–H groups in total. The highest BCUT2D eigenvalue weighted by Gasteiger charge is 2.56. The lowest BCUT2D eigenvalue weighted by Gasteiger charge is -2.46. The summed E-state index contributed by atoms with van der Waals surface area (Å²) in [7, 11) is 1.05. The molecule has 0 saturated carbocycles. The molecule has 5 unspecified atom stereocenters. The lowest BCUT2D eigenvalue weighted by molar-refractivity contribution is -0.308. The molecule has 0 radical (unpaired) electrons. The molecular weight excluding hydrogens is 527 g/mol. The molecule has 2 aromatic carbocycles. The van der Waals surface area contributed by atoms with Crippen molar-refractivity contribution in [3.05, 3.63) is 72.8 Å². The van der Waals surface area contributed by atoms with Crippen molar-refractivity contribution in [2.45, 2.75) is 42.7 Å². The molecule has 0 bridgehead atoms. The number of aliphatic hydroxyl groups excluding tert-OH is 3. The number of benzene rings is 2. The Morgan fingerprint density at radius 2 is 1.80 bits per heavy atom. The van der Waals surface area contributed by atoms with Crippen LogP contribution in [0.25, 0.3) is 11.1 Å². The normalized spacial score (nSPS) is 23.9. The zero-order chi connectivity index (χ0) is 29.3. The highest BCUT2D eigenvalue weighted by Crippen LogP contribution is 2.34. The number of aliphatic hydroxyl groups is 3. The second-order valence-electron chi connectivity index (χ2n) is 9.14. The summed E-state index contributed by atoms with van der Waals surface area (Å²) < 4.78 is 28.9. The number of amides is 2. The number of ether oxygens (including phenoxy) is 3. The maximum Gasteiger partial charge on any atom is 0.366 e. The van der Waals surface area contributed by atoms with Crippen LogP contribution in [0.5, 0.6) is 0 Å². The average molecular weight is 561 g/mol. The number of alkyl halides is 1. The molecule has 11 nitrogen and oxygen atoms in total. The van der Waals surface area contributed by atoms with E-state index in [9.17, 15) is 34.1 Å². The van der Waals surface area contributed by atoms with Crippen LogP contribution < -0.4 is 10.6 Å². The van der Waals surface area contributed by atoms with Crippen LogP contribution in [0.15, 0.2) is 67.3 Å². The van der Waals surface area contributed by atoms with Crippen molar-refractivity contribution in [2.75, 3.05) is 26.9 Å². The molecule has 2 aromatic rings. The first-order valence-electron chi connectivity index (χ1n) is 12.5. The van der Waals surface area contributed by atoms with Crippen molar-refractivity contribution in [1.29, 1.82) is 0 Å². The highest BCUT2D eigenvalue weighted by molar-refractivity contribution is 5.94. The van der Waals surface area contributed by atoms with E-state index in [-0.39, 0.29) is 6.61 Å². The van der Waals surface area contributed by atoms with E-state index in [1.807, 2.05) is 30.3 Å². The van der Waals surface area contributed by atoms with Crippen LogP contribution in [-0.4, -0.2) is 96.3 Å². The lowest BCUT2D eigenvalue weighted by Crippen LogP contribution is -2.68. The number of methoxy groups -OCH3 is 1. The van der Waals surface area contributed by atoms with E-state index < -0.39 is 73.7 Å². The van der Waals surface area contributed by atoms with Gasteiger partial charge in [0.1, 0.15) is 12.2 Å². The van der Waals surface area contributed by atoms with Gasteiger partial charge in [-0.05, 0) is 23.3 Å². The second kappa shape index (κ2) is 14.1. The molecule has 0 aliphatic carbocycles. The van der Waals surface area contributed by atoms with Gasteiger partial charge in [0, 0.05) is 18.5 Å². The van der Waals surface area contributed by atoms with Crippen molar-refractivity contribution >= 4 is 17.8 Å². The molecule has 0 aromatic heterocycles. The number of rotatable bonds is 12. The second-order valence-corrected chi connectivity index (χ2v) is 9.14. The van der Waals surface area contributed by atoms with Gasteiger partial charge in [0.25, 0.3) is 17.6 Å². The minimum atomic E-state index is -2.23. The van der Waals surface area contributed by atoms with Crippen LogP contribution in [0.4, 0.5) is 4.39 Å². The van der Waals surface area contributed by atoms with Gasteiger partial charge in [-0.3, -0.25) is 9.59 Å². The molecule has 1 saturated heterocycles. The molecule has 1 fully saturated rings. The van der Waals surface area contributed by atoms with Crippen molar-refractivity contribution in [3.8, 4) is 11.1 Å². The summed E-state index contributed by atoms with van der Waals surface area (Å²) in [5.41, 5.74) is 2.16. The maximum absolute atomic E-state index is 12.9. The van der Waals surface area contributed by atoms with Gasteiger partial charge in [-0.25, -0.2) is 9.18 Å². The molecule has 1 aliphatic rings. The van der Waals surface area contributed by atoms with E-state index in [2.05, 4.69) is 17.2 Å². The fourth-order valence-corrected chi connectivity index (χ4v) is 4.36. The average Bonchev–Trinajstić information content (AvgIpc) is 2.99. The van der Waals surface area contributed by atoms with E-state index in [1.165, 1.54) is 6.08 Å². The summed E-state index contributed by atoms with van der Waals surface area (Å²) in [6.07, 6.45) is -6.10.